The summed E-state index contributed by atoms with van der Waals surface area (Å²) in [7, 11) is 0. The third-order valence-electron chi connectivity index (χ3n) is 1.73. The van der Waals surface area contributed by atoms with Gasteiger partial charge in [-0.3, -0.25) is 0 Å². The highest BCUT2D eigenvalue weighted by molar-refractivity contribution is 6.17. The minimum absolute atomic E-state index is 0.518. The van der Waals surface area contributed by atoms with Crippen LogP contribution in [0.25, 0.3) is 6.08 Å². The summed E-state index contributed by atoms with van der Waals surface area (Å²) in [6, 6.07) is 5.98. The van der Waals surface area contributed by atoms with Gasteiger partial charge in [0, 0.05) is 11.8 Å². The predicted octanol–water partition coefficient (Wildman–Crippen LogP) is 3.81. The summed E-state index contributed by atoms with van der Waals surface area (Å²) in [5, 5.41) is 0. The molecule has 0 aromatic heterocycles. The number of hydrogen-bond donors (Lipinski definition) is 0. The fourth-order valence-corrected chi connectivity index (χ4v) is 1.45. The van der Waals surface area contributed by atoms with Gasteiger partial charge in [0.25, 0.3) is 0 Å². The smallest absolute Gasteiger partial charge is 0.0480 e. The van der Waals surface area contributed by atoms with Gasteiger partial charge in [-0.05, 0) is 16.7 Å². The topological polar surface area (TPSA) is 0 Å². The van der Waals surface area contributed by atoms with Crippen LogP contribution >= 0.6 is 23.2 Å². The minimum atomic E-state index is 0.518. The van der Waals surface area contributed by atoms with Crippen LogP contribution in [0.1, 0.15) is 16.7 Å². The largest absolute Gasteiger partial charge is 0.122 e. The summed E-state index contributed by atoms with van der Waals surface area (Å²) in [5.41, 5.74) is 3.27. The first-order valence-corrected chi connectivity index (χ1v) is 4.75. The Labute approximate surface area is 82.8 Å². The van der Waals surface area contributed by atoms with Crippen molar-refractivity contribution in [3.8, 4) is 0 Å². The molecule has 0 amide bonds. The third-order valence-corrected chi connectivity index (χ3v) is 2.33. The Morgan fingerprint density at radius 1 is 1.25 bits per heavy atom. The molecule has 0 aliphatic rings. The van der Waals surface area contributed by atoms with Crippen molar-refractivity contribution in [2.24, 2.45) is 0 Å². The maximum atomic E-state index is 5.73. The Bertz CT molecular complexity index is 279. The van der Waals surface area contributed by atoms with Crippen LogP contribution in [0.3, 0.4) is 0 Å². The van der Waals surface area contributed by atoms with Crippen molar-refractivity contribution in [3.05, 3.63) is 41.5 Å². The highest BCUT2D eigenvalue weighted by atomic mass is 35.5. The van der Waals surface area contributed by atoms with E-state index in [0.29, 0.717) is 11.8 Å². The molecule has 0 unspecified atom stereocenters. The molecule has 64 valence electrons. The van der Waals surface area contributed by atoms with Crippen molar-refractivity contribution in [2.75, 3.05) is 0 Å². The average molecular weight is 201 g/mol. The molecule has 12 heavy (non-hydrogen) atoms. The van der Waals surface area contributed by atoms with Gasteiger partial charge in [0.1, 0.15) is 0 Å². The van der Waals surface area contributed by atoms with E-state index in [-0.39, 0.29) is 0 Å². The lowest BCUT2D eigenvalue weighted by Gasteiger charge is -2.03. The van der Waals surface area contributed by atoms with Crippen molar-refractivity contribution >= 4 is 29.3 Å². The van der Waals surface area contributed by atoms with Gasteiger partial charge in [0.05, 0.1) is 0 Å². The highest BCUT2D eigenvalue weighted by Crippen LogP contribution is 2.16. The van der Waals surface area contributed by atoms with Crippen molar-refractivity contribution in [3.63, 3.8) is 0 Å². The maximum Gasteiger partial charge on any atom is 0.0480 e. The molecule has 1 aromatic rings. The number of hydrogen-bond acceptors (Lipinski definition) is 0. The molecular weight excluding hydrogens is 191 g/mol. The van der Waals surface area contributed by atoms with Crippen LogP contribution in [0.5, 0.6) is 0 Å². The van der Waals surface area contributed by atoms with E-state index < -0.39 is 0 Å². The van der Waals surface area contributed by atoms with E-state index in [2.05, 4.69) is 6.58 Å². The van der Waals surface area contributed by atoms with E-state index in [0.717, 1.165) is 16.7 Å². The van der Waals surface area contributed by atoms with Crippen LogP contribution < -0.4 is 0 Å². The molecule has 0 aliphatic carbocycles. The zero-order valence-corrected chi connectivity index (χ0v) is 8.20. The molecule has 0 bridgehead atoms. The monoisotopic (exact) mass is 200 g/mol. The summed E-state index contributed by atoms with van der Waals surface area (Å²) in [6.07, 6.45) is 1.80. The molecule has 0 N–H and O–H groups in total. The zero-order valence-electron chi connectivity index (χ0n) is 6.69. The lowest BCUT2D eigenvalue weighted by Crippen LogP contribution is -1.86. The average Bonchev–Trinajstić information content (AvgIpc) is 2.16. The van der Waals surface area contributed by atoms with Crippen molar-refractivity contribution in [2.45, 2.75) is 11.8 Å². The Hall–Kier alpha value is -0.460. The zero-order chi connectivity index (χ0) is 8.97. The minimum Gasteiger partial charge on any atom is -0.122 e. The van der Waals surface area contributed by atoms with Gasteiger partial charge < -0.3 is 0 Å². The Kier molecular flexibility index (Phi) is 3.64. The summed E-state index contributed by atoms with van der Waals surface area (Å²) >= 11 is 11.4. The lowest BCUT2D eigenvalue weighted by molar-refractivity contribution is 1.32. The van der Waals surface area contributed by atoms with Crippen molar-refractivity contribution < 1.29 is 0 Å². The predicted molar refractivity (Wildman–Crippen MR) is 55.6 cm³/mol. The molecule has 0 nitrogen and oxygen atoms in total. The summed E-state index contributed by atoms with van der Waals surface area (Å²) in [5.74, 6) is 1.05. The lowest BCUT2D eigenvalue weighted by atomic mass is 10.1. The number of benzene rings is 1. The normalized spacial score (nSPS) is 9.83. The second-order valence-corrected chi connectivity index (χ2v) is 3.04. The molecule has 0 radical (unpaired) electrons. The maximum absolute atomic E-state index is 5.73. The first-order valence-electron chi connectivity index (χ1n) is 3.68. The SMILES string of the molecule is C=Cc1cc(CCl)ccc1CCl. The van der Waals surface area contributed by atoms with Crippen LogP contribution in [-0.4, -0.2) is 0 Å². The van der Waals surface area contributed by atoms with Gasteiger partial charge >= 0.3 is 0 Å². The van der Waals surface area contributed by atoms with Gasteiger partial charge in [-0.2, -0.15) is 0 Å². The second kappa shape index (κ2) is 4.54. The van der Waals surface area contributed by atoms with Gasteiger partial charge in [0.15, 0.2) is 0 Å². The summed E-state index contributed by atoms with van der Waals surface area (Å²) in [6.45, 7) is 3.71. The van der Waals surface area contributed by atoms with E-state index in [4.69, 9.17) is 23.2 Å². The second-order valence-electron chi connectivity index (χ2n) is 2.50. The van der Waals surface area contributed by atoms with Crippen LogP contribution in [0, 0.1) is 0 Å². The van der Waals surface area contributed by atoms with E-state index in [1.54, 1.807) is 6.08 Å². The molecule has 2 heteroatoms. The first-order chi connectivity index (χ1) is 5.81. The molecule has 0 aliphatic heterocycles. The van der Waals surface area contributed by atoms with Crippen LogP contribution in [0.4, 0.5) is 0 Å². The van der Waals surface area contributed by atoms with E-state index in [1.165, 1.54) is 0 Å². The van der Waals surface area contributed by atoms with E-state index in [1.807, 2.05) is 18.2 Å². The van der Waals surface area contributed by atoms with Gasteiger partial charge in [-0.25, -0.2) is 0 Å². The molecule has 0 saturated heterocycles. The quantitative estimate of drug-likeness (QED) is 0.652. The summed E-state index contributed by atoms with van der Waals surface area (Å²) in [4.78, 5) is 0. The molecule has 0 spiro atoms. The van der Waals surface area contributed by atoms with Crippen LogP contribution in [-0.2, 0) is 11.8 Å². The van der Waals surface area contributed by atoms with Crippen LogP contribution in [0.2, 0.25) is 0 Å². The molecular formula is C10H10Cl2. The number of rotatable bonds is 3. The summed E-state index contributed by atoms with van der Waals surface area (Å²) < 4.78 is 0. The molecule has 0 atom stereocenters. The van der Waals surface area contributed by atoms with Crippen molar-refractivity contribution in [1.29, 1.82) is 0 Å². The molecule has 1 aromatic carbocycles. The number of alkyl halides is 2. The van der Waals surface area contributed by atoms with Crippen molar-refractivity contribution in [1.82, 2.24) is 0 Å². The standard InChI is InChI=1S/C10H10Cl2/c1-2-9-5-8(6-11)3-4-10(9)7-12/h2-5H,1,6-7H2. The third kappa shape index (κ3) is 2.02. The Morgan fingerprint density at radius 2 is 2.00 bits per heavy atom. The Morgan fingerprint density at radius 3 is 2.50 bits per heavy atom. The fraction of sp³-hybridized carbons (Fsp3) is 0.200. The van der Waals surface area contributed by atoms with Gasteiger partial charge in [-0.15, -0.1) is 23.2 Å². The molecule has 1 rings (SSSR count). The van der Waals surface area contributed by atoms with E-state index >= 15 is 0 Å². The molecule has 0 heterocycles. The fourth-order valence-electron chi connectivity index (χ4n) is 1.04. The van der Waals surface area contributed by atoms with E-state index in [9.17, 15) is 0 Å². The van der Waals surface area contributed by atoms with Gasteiger partial charge in [-0.1, -0.05) is 30.9 Å². The molecule has 0 fully saturated rings. The highest BCUT2D eigenvalue weighted by Gasteiger charge is 1.98. The number of halogens is 2. The van der Waals surface area contributed by atoms with Gasteiger partial charge in [0.2, 0.25) is 0 Å². The first kappa shape index (κ1) is 9.63. The van der Waals surface area contributed by atoms with Crippen LogP contribution in [0.15, 0.2) is 24.8 Å². The Balaban J connectivity index is 3.10. The molecule has 0 saturated carbocycles.